The van der Waals surface area contributed by atoms with Crippen LogP contribution in [0.1, 0.15) is 0 Å². The summed E-state index contributed by atoms with van der Waals surface area (Å²) in [6.07, 6.45) is 0. The molecule has 0 aliphatic rings. The zero-order chi connectivity index (χ0) is 43.1. The summed E-state index contributed by atoms with van der Waals surface area (Å²) in [6, 6.07) is 83.3. The Morgan fingerprint density at radius 2 is 0.708 bits per heavy atom. The van der Waals surface area contributed by atoms with Gasteiger partial charge in [-0.3, -0.25) is 0 Å². The highest BCUT2D eigenvalue weighted by atomic mass is 16.3. The molecular weight excluding hydrogens is 791 g/mol. The summed E-state index contributed by atoms with van der Waals surface area (Å²) in [5, 5.41) is 4.63. The largest absolute Gasteiger partial charge is 0.456 e. The fourth-order valence-electron chi connectivity index (χ4n) is 9.14. The first-order valence-electron chi connectivity index (χ1n) is 21.9. The lowest BCUT2D eigenvalue weighted by atomic mass is 9.84. The number of fused-ring (bicyclic) bond motifs is 5. The minimum absolute atomic E-state index is 0.630. The molecule has 65 heavy (non-hydrogen) atoms. The van der Waals surface area contributed by atoms with Crippen LogP contribution in [0.25, 0.3) is 123 Å². The Kier molecular flexibility index (Phi) is 9.46. The highest BCUT2D eigenvalue weighted by molar-refractivity contribution is 6.19. The van der Waals surface area contributed by atoms with Gasteiger partial charge in [-0.2, -0.15) is 0 Å². The van der Waals surface area contributed by atoms with Crippen molar-refractivity contribution in [1.82, 2.24) is 15.0 Å². The van der Waals surface area contributed by atoms with Crippen molar-refractivity contribution < 1.29 is 4.42 Å². The molecule has 0 aliphatic heterocycles. The van der Waals surface area contributed by atoms with Crippen LogP contribution in [-0.2, 0) is 0 Å². The summed E-state index contributed by atoms with van der Waals surface area (Å²) in [5.74, 6) is 1.92. The van der Waals surface area contributed by atoms with E-state index in [0.29, 0.717) is 17.5 Å². The Bertz CT molecular complexity index is 3620. The van der Waals surface area contributed by atoms with Crippen molar-refractivity contribution in [2.75, 3.05) is 0 Å². The van der Waals surface area contributed by atoms with E-state index in [4.69, 9.17) is 19.4 Å². The molecule has 4 nitrogen and oxygen atoms in total. The van der Waals surface area contributed by atoms with Gasteiger partial charge in [-0.15, -0.1) is 0 Å². The van der Waals surface area contributed by atoms with E-state index in [1.807, 2.05) is 60.7 Å². The topological polar surface area (TPSA) is 51.8 Å². The van der Waals surface area contributed by atoms with E-state index in [-0.39, 0.29) is 0 Å². The van der Waals surface area contributed by atoms with Crippen molar-refractivity contribution in [3.05, 3.63) is 237 Å². The molecule has 0 saturated carbocycles. The molecule has 304 valence electrons. The lowest BCUT2D eigenvalue weighted by Gasteiger charge is -2.20. The smallest absolute Gasteiger partial charge is 0.164 e. The maximum absolute atomic E-state index is 6.48. The van der Waals surface area contributed by atoms with Gasteiger partial charge in [-0.05, 0) is 103 Å². The van der Waals surface area contributed by atoms with Gasteiger partial charge >= 0.3 is 0 Å². The third-order valence-corrected chi connectivity index (χ3v) is 12.3. The van der Waals surface area contributed by atoms with Crippen LogP contribution in [0, 0.1) is 0 Å². The molecule has 12 rings (SSSR count). The Hall–Kier alpha value is -8.73. The van der Waals surface area contributed by atoms with Crippen molar-refractivity contribution in [3.63, 3.8) is 0 Å². The fraction of sp³-hybridized carbons (Fsp3) is 0. The fourth-order valence-corrected chi connectivity index (χ4v) is 9.14. The van der Waals surface area contributed by atoms with Crippen molar-refractivity contribution in [1.29, 1.82) is 0 Å². The normalized spacial score (nSPS) is 11.4. The molecular formula is C61H39N3O. The Labute approximate surface area is 376 Å². The van der Waals surface area contributed by atoms with Crippen LogP contribution in [0.5, 0.6) is 0 Å². The first kappa shape index (κ1) is 38.0. The number of hydrogen-bond donors (Lipinski definition) is 0. The van der Waals surface area contributed by atoms with E-state index in [1.54, 1.807) is 0 Å². The van der Waals surface area contributed by atoms with Gasteiger partial charge < -0.3 is 4.42 Å². The third kappa shape index (κ3) is 7.13. The van der Waals surface area contributed by atoms with E-state index >= 15 is 0 Å². The van der Waals surface area contributed by atoms with Crippen LogP contribution in [0.2, 0.25) is 0 Å². The summed E-state index contributed by atoms with van der Waals surface area (Å²) < 4.78 is 6.48. The molecule has 4 heteroatoms. The Morgan fingerprint density at radius 1 is 0.262 bits per heavy atom. The number of hydrogen-bond acceptors (Lipinski definition) is 4. The minimum atomic E-state index is 0.630. The molecule has 0 saturated heterocycles. The molecule has 0 spiro atoms. The minimum Gasteiger partial charge on any atom is -0.456 e. The molecule has 0 bridgehead atoms. The van der Waals surface area contributed by atoms with Crippen LogP contribution in [0.3, 0.4) is 0 Å². The average Bonchev–Trinajstić information content (AvgIpc) is 3.78. The number of benzene rings is 10. The van der Waals surface area contributed by atoms with Crippen LogP contribution in [-0.4, -0.2) is 15.0 Å². The van der Waals surface area contributed by atoms with E-state index in [2.05, 4.69) is 176 Å². The lowest BCUT2D eigenvalue weighted by molar-refractivity contribution is 0.669. The molecule has 0 unspecified atom stereocenters. The summed E-state index contributed by atoms with van der Waals surface area (Å²) >= 11 is 0. The number of aromatic nitrogens is 3. The summed E-state index contributed by atoms with van der Waals surface area (Å²) in [6.45, 7) is 0. The van der Waals surface area contributed by atoms with Gasteiger partial charge in [0, 0.05) is 27.5 Å². The predicted octanol–water partition coefficient (Wildman–Crippen LogP) is 16.3. The summed E-state index contributed by atoms with van der Waals surface area (Å²) in [4.78, 5) is 14.8. The van der Waals surface area contributed by atoms with Crippen LogP contribution in [0.15, 0.2) is 241 Å². The van der Waals surface area contributed by atoms with Crippen molar-refractivity contribution in [2.24, 2.45) is 0 Å². The molecule has 0 amide bonds. The highest BCUT2D eigenvalue weighted by Gasteiger charge is 2.20. The molecule has 10 aromatic carbocycles. The van der Waals surface area contributed by atoms with E-state index in [0.717, 1.165) is 88.7 Å². The summed E-state index contributed by atoms with van der Waals surface area (Å²) in [7, 11) is 0. The monoisotopic (exact) mass is 829 g/mol. The number of rotatable bonds is 8. The lowest BCUT2D eigenvalue weighted by Crippen LogP contribution is -2.00. The van der Waals surface area contributed by atoms with Gasteiger partial charge in [0.25, 0.3) is 0 Å². The molecule has 0 N–H and O–H groups in total. The van der Waals surface area contributed by atoms with Gasteiger partial charge in [0.15, 0.2) is 17.5 Å². The van der Waals surface area contributed by atoms with E-state index in [1.165, 1.54) is 16.3 Å². The molecule has 12 aromatic rings. The van der Waals surface area contributed by atoms with Crippen LogP contribution in [0.4, 0.5) is 0 Å². The second-order valence-corrected chi connectivity index (χ2v) is 16.3. The molecule has 0 radical (unpaired) electrons. The maximum atomic E-state index is 6.48. The zero-order valence-corrected chi connectivity index (χ0v) is 35.3. The second-order valence-electron chi connectivity index (χ2n) is 16.3. The Balaban J connectivity index is 1.00. The maximum Gasteiger partial charge on any atom is 0.164 e. The molecule has 0 atom stereocenters. The van der Waals surface area contributed by atoms with E-state index < -0.39 is 0 Å². The standard InChI is InChI=1S/C61H39N3O/c1-5-16-40(17-6-1)50-38-52(57(43-19-7-2-8-20-43)53(39-50)49-33-34-55-54(37-49)58-51-27-14-13-18-42(51)32-35-56(58)65-55)48-26-15-25-47(36-48)41-28-30-46(31-29-41)61-63-59(44-21-9-3-10-22-44)62-60(64-61)45-23-11-4-12-24-45/h1-39H. The first-order valence-corrected chi connectivity index (χ1v) is 21.9. The van der Waals surface area contributed by atoms with Crippen molar-refractivity contribution in [2.45, 2.75) is 0 Å². The van der Waals surface area contributed by atoms with Gasteiger partial charge in [-0.25, -0.2) is 15.0 Å². The average molecular weight is 830 g/mol. The number of furan rings is 1. The molecule has 2 heterocycles. The number of nitrogens with zero attached hydrogens (tertiary/aromatic N) is 3. The van der Waals surface area contributed by atoms with Gasteiger partial charge in [-0.1, -0.05) is 200 Å². The SMILES string of the molecule is c1ccc(-c2cc(-c3cccc(-c4ccc(-c5nc(-c6ccccc6)nc(-c6ccccc6)n5)cc4)c3)c(-c3ccccc3)c(-c3ccc4oc5ccc6ccccc6c5c4c3)c2)cc1. The highest BCUT2D eigenvalue weighted by Crippen LogP contribution is 2.46. The molecule has 0 fully saturated rings. The van der Waals surface area contributed by atoms with E-state index in [9.17, 15) is 0 Å². The van der Waals surface area contributed by atoms with Crippen molar-refractivity contribution in [3.8, 4) is 89.8 Å². The predicted molar refractivity (Wildman–Crippen MR) is 268 cm³/mol. The van der Waals surface area contributed by atoms with Crippen LogP contribution < -0.4 is 0 Å². The summed E-state index contributed by atoms with van der Waals surface area (Å²) in [5.41, 5.74) is 16.0. The Morgan fingerprint density at radius 3 is 1.34 bits per heavy atom. The quantitative estimate of drug-likeness (QED) is 0.153. The van der Waals surface area contributed by atoms with Gasteiger partial charge in [0.05, 0.1) is 0 Å². The van der Waals surface area contributed by atoms with Gasteiger partial charge in [0.1, 0.15) is 11.2 Å². The molecule has 2 aromatic heterocycles. The third-order valence-electron chi connectivity index (χ3n) is 12.3. The van der Waals surface area contributed by atoms with Crippen LogP contribution >= 0.6 is 0 Å². The van der Waals surface area contributed by atoms with Gasteiger partial charge in [0.2, 0.25) is 0 Å². The second kappa shape index (κ2) is 16.2. The first-order chi connectivity index (χ1) is 32.2. The zero-order valence-electron chi connectivity index (χ0n) is 35.3. The van der Waals surface area contributed by atoms with Crippen molar-refractivity contribution >= 4 is 32.7 Å². The molecule has 0 aliphatic carbocycles.